The number of aromatic nitrogens is 1. The summed E-state index contributed by atoms with van der Waals surface area (Å²) in [4.78, 5) is 25.9. The first-order chi connectivity index (χ1) is 10.0. The van der Waals surface area contributed by atoms with Gasteiger partial charge in [-0.3, -0.25) is 14.9 Å². The lowest BCUT2D eigenvalue weighted by Crippen LogP contribution is -2.14. The summed E-state index contributed by atoms with van der Waals surface area (Å²) >= 11 is 3.20. The van der Waals surface area contributed by atoms with Crippen LogP contribution in [0.4, 0.5) is 11.4 Å². The molecular weight excluding hydrogens is 340 g/mol. The van der Waals surface area contributed by atoms with Gasteiger partial charge in [0, 0.05) is 22.8 Å². The molecule has 104 valence electrons. The van der Waals surface area contributed by atoms with E-state index in [0.717, 1.165) is 10.5 Å². The van der Waals surface area contributed by atoms with Gasteiger partial charge in [-0.15, -0.1) is 0 Å². The Morgan fingerprint density at radius 2 is 2.14 bits per heavy atom. The van der Waals surface area contributed by atoms with Gasteiger partial charge in [-0.05, 0) is 34.1 Å². The van der Waals surface area contributed by atoms with E-state index in [2.05, 4.69) is 26.2 Å². The number of anilines is 1. The normalized spacial score (nSPS) is 9.71. The van der Waals surface area contributed by atoms with Crippen LogP contribution in [0.25, 0.3) is 0 Å². The third-order valence-corrected chi connectivity index (χ3v) is 3.01. The molecule has 1 N–H and O–H groups in total. The monoisotopic (exact) mass is 346 g/mol. The first-order valence-electron chi connectivity index (χ1n) is 5.62. The number of pyridine rings is 1. The molecule has 0 spiro atoms. The van der Waals surface area contributed by atoms with E-state index in [1.807, 2.05) is 6.07 Å². The van der Waals surface area contributed by atoms with E-state index in [9.17, 15) is 14.9 Å². The van der Waals surface area contributed by atoms with Crippen molar-refractivity contribution in [2.75, 3.05) is 5.32 Å². The second-order valence-corrected chi connectivity index (χ2v) is 4.83. The van der Waals surface area contributed by atoms with Crippen molar-refractivity contribution in [1.29, 1.82) is 5.26 Å². The summed E-state index contributed by atoms with van der Waals surface area (Å²) in [6.45, 7) is 0. The summed E-state index contributed by atoms with van der Waals surface area (Å²) in [6, 6.07) is 8.60. The molecule has 1 heterocycles. The molecule has 0 atom stereocenters. The maximum absolute atomic E-state index is 12.0. The van der Waals surface area contributed by atoms with Crippen LogP contribution in [0.3, 0.4) is 0 Å². The molecule has 0 saturated carbocycles. The number of amides is 1. The van der Waals surface area contributed by atoms with Gasteiger partial charge in [0.05, 0.1) is 16.2 Å². The van der Waals surface area contributed by atoms with Crippen molar-refractivity contribution < 1.29 is 9.72 Å². The van der Waals surface area contributed by atoms with Crippen molar-refractivity contribution in [2.24, 2.45) is 0 Å². The molecular formula is C13H7BrN4O3. The van der Waals surface area contributed by atoms with E-state index >= 15 is 0 Å². The van der Waals surface area contributed by atoms with Gasteiger partial charge in [0.1, 0.15) is 11.8 Å². The zero-order valence-electron chi connectivity index (χ0n) is 10.4. The van der Waals surface area contributed by atoms with E-state index in [0.29, 0.717) is 0 Å². The Morgan fingerprint density at radius 1 is 1.38 bits per heavy atom. The van der Waals surface area contributed by atoms with Crippen LogP contribution < -0.4 is 5.32 Å². The molecule has 0 aliphatic carbocycles. The minimum atomic E-state index is -0.608. The number of hydrogen-bond donors (Lipinski definition) is 1. The van der Waals surface area contributed by atoms with Gasteiger partial charge < -0.3 is 5.32 Å². The van der Waals surface area contributed by atoms with Crippen LogP contribution in [0, 0.1) is 21.4 Å². The van der Waals surface area contributed by atoms with Crippen molar-refractivity contribution in [2.45, 2.75) is 0 Å². The summed E-state index contributed by atoms with van der Waals surface area (Å²) in [7, 11) is 0. The summed E-state index contributed by atoms with van der Waals surface area (Å²) in [5.74, 6) is -0.507. The summed E-state index contributed by atoms with van der Waals surface area (Å²) < 4.78 is 0.729. The minimum absolute atomic E-state index is 0.00895. The first kappa shape index (κ1) is 14.6. The van der Waals surface area contributed by atoms with Crippen LogP contribution in [0.15, 0.2) is 41.0 Å². The van der Waals surface area contributed by atoms with Gasteiger partial charge in [-0.25, -0.2) is 4.98 Å². The predicted octanol–water partition coefficient (Wildman–Crippen LogP) is 2.88. The number of rotatable bonds is 3. The number of benzene rings is 1. The number of halogens is 1. The number of nitrogens with one attached hydrogen (secondary N) is 1. The Balaban J connectivity index is 2.27. The molecule has 8 heteroatoms. The molecule has 0 aliphatic heterocycles. The second kappa shape index (κ2) is 6.11. The number of hydrogen-bond acceptors (Lipinski definition) is 5. The zero-order chi connectivity index (χ0) is 15.4. The lowest BCUT2D eigenvalue weighted by Gasteiger charge is -2.06. The van der Waals surface area contributed by atoms with E-state index < -0.39 is 10.8 Å². The van der Waals surface area contributed by atoms with Crippen LogP contribution in [-0.2, 0) is 0 Å². The number of nitro benzene ring substituents is 1. The number of carbonyl (C=O) groups excluding carboxylic acids is 1. The van der Waals surface area contributed by atoms with Crippen LogP contribution in [0.1, 0.15) is 16.1 Å². The summed E-state index contributed by atoms with van der Waals surface area (Å²) in [5.41, 5.74) is 0.152. The zero-order valence-corrected chi connectivity index (χ0v) is 12.0. The molecule has 0 fully saturated rings. The molecule has 0 saturated heterocycles. The van der Waals surface area contributed by atoms with Gasteiger partial charge in [0.15, 0.2) is 0 Å². The Morgan fingerprint density at radius 3 is 2.71 bits per heavy atom. The lowest BCUT2D eigenvalue weighted by atomic mass is 10.1. The average Bonchev–Trinajstić information content (AvgIpc) is 2.48. The molecule has 21 heavy (non-hydrogen) atoms. The highest BCUT2D eigenvalue weighted by Crippen LogP contribution is 2.22. The molecule has 0 radical (unpaired) electrons. The Kier molecular flexibility index (Phi) is 4.25. The number of nitrogens with zero attached hydrogens (tertiary/aromatic N) is 3. The number of nitro groups is 1. The Bertz CT molecular complexity index is 753. The number of nitriles is 1. The highest BCUT2D eigenvalue weighted by Gasteiger charge is 2.14. The van der Waals surface area contributed by atoms with Gasteiger partial charge in [-0.2, -0.15) is 5.26 Å². The molecule has 2 rings (SSSR count). The fraction of sp³-hybridized carbons (Fsp3) is 0. The quantitative estimate of drug-likeness (QED) is 0.678. The molecule has 7 nitrogen and oxygen atoms in total. The third kappa shape index (κ3) is 3.40. The fourth-order valence-electron chi connectivity index (χ4n) is 1.54. The molecule has 0 unspecified atom stereocenters. The Labute approximate surface area is 127 Å². The van der Waals surface area contributed by atoms with Gasteiger partial charge in [0.25, 0.3) is 11.6 Å². The van der Waals surface area contributed by atoms with Crippen molar-refractivity contribution in [3.63, 3.8) is 0 Å². The third-order valence-electron chi connectivity index (χ3n) is 2.54. The van der Waals surface area contributed by atoms with Gasteiger partial charge >= 0.3 is 0 Å². The molecule has 2 aromatic rings. The largest absolute Gasteiger partial charge is 0.319 e. The number of non-ortho nitro benzene ring substituents is 1. The molecule has 1 amide bonds. The topological polar surface area (TPSA) is 109 Å². The van der Waals surface area contributed by atoms with Crippen molar-refractivity contribution in [1.82, 2.24) is 4.98 Å². The first-order valence-corrected chi connectivity index (χ1v) is 6.42. The van der Waals surface area contributed by atoms with Crippen molar-refractivity contribution in [3.05, 3.63) is 62.4 Å². The SMILES string of the molecule is N#Cc1cc([N+](=O)[O-])ccc1NC(=O)c1ccc(Br)cn1. The molecule has 0 bridgehead atoms. The highest BCUT2D eigenvalue weighted by molar-refractivity contribution is 9.10. The standard InChI is InChI=1S/C13H7BrN4O3/c14-9-1-3-12(16-7-9)13(19)17-11-4-2-10(18(20)21)5-8(11)6-15/h1-5,7H,(H,17,19). The second-order valence-electron chi connectivity index (χ2n) is 3.91. The van der Waals surface area contributed by atoms with Crippen molar-refractivity contribution >= 4 is 33.2 Å². The summed E-state index contributed by atoms with van der Waals surface area (Å²) in [5, 5.41) is 22.2. The maximum atomic E-state index is 12.0. The lowest BCUT2D eigenvalue weighted by molar-refractivity contribution is -0.384. The number of carbonyl (C=O) groups is 1. The molecule has 1 aromatic carbocycles. The van der Waals surface area contributed by atoms with Gasteiger partial charge in [0.2, 0.25) is 0 Å². The van der Waals surface area contributed by atoms with E-state index in [1.54, 1.807) is 6.07 Å². The smallest absolute Gasteiger partial charge is 0.274 e. The predicted molar refractivity (Wildman–Crippen MR) is 77.7 cm³/mol. The van der Waals surface area contributed by atoms with Crippen LogP contribution in [0.2, 0.25) is 0 Å². The van der Waals surface area contributed by atoms with E-state index in [1.165, 1.54) is 24.4 Å². The molecule has 0 aliphatic rings. The Hall–Kier alpha value is -2.79. The van der Waals surface area contributed by atoms with Crippen LogP contribution in [-0.4, -0.2) is 15.8 Å². The summed E-state index contributed by atoms with van der Waals surface area (Å²) in [6.07, 6.45) is 1.47. The van der Waals surface area contributed by atoms with E-state index in [4.69, 9.17) is 5.26 Å². The van der Waals surface area contributed by atoms with Crippen molar-refractivity contribution in [3.8, 4) is 6.07 Å². The average molecular weight is 347 g/mol. The minimum Gasteiger partial charge on any atom is -0.319 e. The van der Waals surface area contributed by atoms with E-state index in [-0.39, 0.29) is 22.6 Å². The highest BCUT2D eigenvalue weighted by atomic mass is 79.9. The maximum Gasteiger partial charge on any atom is 0.274 e. The van der Waals surface area contributed by atoms with Gasteiger partial charge in [-0.1, -0.05) is 0 Å². The van der Waals surface area contributed by atoms with Crippen LogP contribution >= 0.6 is 15.9 Å². The van der Waals surface area contributed by atoms with Crippen LogP contribution in [0.5, 0.6) is 0 Å². The molecule has 1 aromatic heterocycles. The fourth-order valence-corrected chi connectivity index (χ4v) is 1.78.